The van der Waals surface area contributed by atoms with Gasteiger partial charge in [0.25, 0.3) is 5.91 Å². The SMILES string of the molecule is Cc1cc(NC2CC2)nc(N2CCN(C(=O)c3ccco3)CC2)n1. The Hall–Kier alpha value is -2.57. The van der Waals surface area contributed by atoms with Crippen LogP contribution in [-0.4, -0.2) is 53.0 Å². The van der Waals surface area contributed by atoms with Gasteiger partial charge in [-0.2, -0.15) is 4.98 Å². The number of carbonyl (C=O) groups is 1. The van der Waals surface area contributed by atoms with Crippen LogP contribution in [0, 0.1) is 6.92 Å². The summed E-state index contributed by atoms with van der Waals surface area (Å²) in [4.78, 5) is 25.5. The maximum atomic E-state index is 12.3. The lowest BCUT2D eigenvalue weighted by Crippen LogP contribution is -2.49. The molecule has 2 aromatic heterocycles. The lowest BCUT2D eigenvalue weighted by Gasteiger charge is -2.34. The molecule has 2 aliphatic rings. The van der Waals surface area contributed by atoms with E-state index in [1.165, 1.54) is 19.1 Å². The number of aryl methyl sites for hydroxylation is 1. The first-order valence-electron chi connectivity index (χ1n) is 8.39. The second kappa shape index (κ2) is 6.14. The average molecular weight is 327 g/mol. The molecule has 126 valence electrons. The molecular weight excluding hydrogens is 306 g/mol. The molecule has 1 saturated heterocycles. The summed E-state index contributed by atoms with van der Waals surface area (Å²) in [5.74, 6) is 1.98. The van der Waals surface area contributed by atoms with Gasteiger partial charge in [0.1, 0.15) is 5.82 Å². The molecule has 4 rings (SSSR count). The van der Waals surface area contributed by atoms with Crippen molar-refractivity contribution in [2.24, 2.45) is 0 Å². The third kappa shape index (κ3) is 3.20. The van der Waals surface area contributed by atoms with E-state index in [1.807, 2.05) is 17.9 Å². The molecule has 7 heteroatoms. The normalized spacial score (nSPS) is 17.9. The fourth-order valence-electron chi connectivity index (χ4n) is 2.87. The molecule has 2 aromatic rings. The van der Waals surface area contributed by atoms with E-state index in [1.54, 1.807) is 12.1 Å². The second-order valence-electron chi connectivity index (χ2n) is 6.37. The van der Waals surface area contributed by atoms with Crippen LogP contribution in [0.2, 0.25) is 0 Å². The van der Waals surface area contributed by atoms with Crippen LogP contribution in [0.15, 0.2) is 28.9 Å². The molecule has 7 nitrogen and oxygen atoms in total. The molecule has 0 radical (unpaired) electrons. The Bertz CT molecular complexity index is 719. The number of anilines is 2. The van der Waals surface area contributed by atoms with Crippen molar-refractivity contribution in [3.63, 3.8) is 0 Å². The second-order valence-corrected chi connectivity index (χ2v) is 6.37. The van der Waals surface area contributed by atoms with Crippen LogP contribution in [-0.2, 0) is 0 Å². The van der Waals surface area contributed by atoms with Crippen molar-refractivity contribution in [1.82, 2.24) is 14.9 Å². The Morgan fingerprint density at radius 2 is 2.04 bits per heavy atom. The molecule has 0 spiro atoms. The molecule has 0 bridgehead atoms. The number of amides is 1. The first-order valence-corrected chi connectivity index (χ1v) is 8.39. The summed E-state index contributed by atoms with van der Waals surface area (Å²) in [7, 11) is 0. The molecule has 3 heterocycles. The third-order valence-electron chi connectivity index (χ3n) is 4.35. The highest BCUT2D eigenvalue weighted by molar-refractivity contribution is 5.91. The van der Waals surface area contributed by atoms with E-state index in [4.69, 9.17) is 4.42 Å². The number of piperazine rings is 1. The van der Waals surface area contributed by atoms with E-state index in [0.717, 1.165) is 30.5 Å². The van der Waals surface area contributed by atoms with Crippen molar-refractivity contribution in [3.05, 3.63) is 35.9 Å². The van der Waals surface area contributed by atoms with Gasteiger partial charge in [0.2, 0.25) is 5.95 Å². The molecule has 1 N–H and O–H groups in total. The number of hydrogen-bond donors (Lipinski definition) is 1. The van der Waals surface area contributed by atoms with Gasteiger partial charge < -0.3 is 19.5 Å². The minimum atomic E-state index is -0.0547. The molecule has 1 amide bonds. The fourth-order valence-corrected chi connectivity index (χ4v) is 2.87. The highest BCUT2D eigenvalue weighted by Crippen LogP contribution is 2.25. The van der Waals surface area contributed by atoms with Gasteiger partial charge in [-0.1, -0.05) is 0 Å². The number of aromatic nitrogens is 2. The maximum Gasteiger partial charge on any atom is 0.289 e. The Labute approximate surface area is 140 Å². The Kier molecular flexibility index (Phi) is 3.84. The first kappa shape index (κ1) is 15.0. The van der Waals surface area contributed by atoms with Crippen molar-refractivity contribution in [2.75, 3.05) is 36.4 Å². The van der Waals surface area contributed by atoms with Crippen LogP contribution in [0.5, 0.6) is 0 Å². The standard InChI is InChI=1S/C17H21N5O2/c1-12-11-15(19-13-4-5-13)20-17(18-12)22-8-6-21(7-9-22)16(23)14-3-2-10-24-14/h2-3,10-11,13H,4-9H2,1H3,(H,18,19,20). The molecule has 1 saturated carbocycles. The number of rotatable bonds is 4. The first-order chi connectivity index (χ1) is 11.7. The van der Waals surface area contributed by atoms with Gasteiger partial charge in [0.05, 0.1) is 6.26 Å². The number of nitrogens with one attached hydrogen (secondary N) is 1. The molecule has 0 aromatic carbocycles. The van der Waals surface area contributed by atoms with Crippen LogP contribution in [0.25, 0.3) is 0 Å². The number of carbonyl (C=O) groups excluding carboxylic acids is 1. The third-order valence-corrected chi connectivity index (χ3v) is 4.35. The largest absolute Gasteiger partial charge is 0.459 e. The lowest BCUT2D eigenvalue weighted by atomic mass is 10.3. The fraction of sp³-hybridized carbons (Fsp3) is 0.471. The lowest BCUT2D eigenvalue weighted by molar-refractivity contribution is 0.0714. The molecule has 0 unspecified atom stereocenters. The van der Waals surface area contributed by atoms with Gasteiger partial charge >= 0.3 is 0 Å². The average Bonchev–Trinajstić information content (AvgIpc) is 3.23. The van der Waals surface area contributed by atoms with Gasteiger partial charge in [-0.3, -0.25) is 4.79 Å². The molecular formula is C17H21N5O2. The van der Waals surface area contributed by atoms with Gasteiger partial charge in [-0.15, -0.1) is 0 Å². The highest BCUT2D eigenvalue weighted by Gasteiger charge is 2.26. The van der Waals surface area contributed by atoms with Crippen molar-refractivity contribution in [2.45, 2.75) is 25.8 Å². The van der Waals surface area contributed by atoms with E-state index >= 15 is 0 Å². The van der Waals surface area contributed by atoms with Crippen molar-refractivity contribution in [3.8, 4) is 0 Å². The number of hydrogen-bond acceptors (Lipinski definition) is 6. The quantitative estimate of drug-likeness (QED) is 0.925. The van der Waals surface area contributed by atoms with Crippen LogP contribution >= 0.6 is 0 Å². The summed E-state index contributed by atoms with van der Waals surface area (Å²) in [6.07, 6.45) is 3.95. The Morgan fingerprint density at radius 3 is 2.71 bits per heavy atom. The molecule has 0 atom stereocenters. The van der Waals surface area contributed by atoms with Gasteiger partial charge in [-0.05, 0) is 31.9 Å². The summed E-state index contributed by atoms with van der Waals surface area (Å²) in [6.45, 7) is 4.71. The zero-order valence-corrected chi connectivity index (χ0v) is 13.7. The van der Waals surface area contributed by atoms with Crippen molar-refractivity contribution >= 4 is 17.7 Å². The Balaban J connectivity index is 1.42. The number of nitrogens with zero attached hydrogens (tertiary/aromatic N) is 4. The van der Waals surface area contributed by atoms with Crippen LogP contribution in [0.3, 0.4) is 0 Å². The zero-order valence-electron chi connectivity index (χ0n) is 13.7. The van der Waals surface area contributed by atoms with E-state index < -0.39 is 0 Å². The van der Waals surface area contributed by atoms with Gasteiger partial charge in [0.15, 0.2) is 5.76 Å². The summed E-state index contributed by atoms with van der Waals surface area (Å²) in [5.41, 5.74) is 0.956. The number of furan rings is 1. The summed E-state index contributed by atoms with van der Waals surface area (Å²) >= 11 is 0. The van der Waals surface area contributed by atoms with E-state index in [0.29, 0.717) is 24.9 Å². The van der Waals surface area contributed by atoms with Crippen molar-refractivity contribution in [1.29, 1.82) is 0 Å². The Morgan fingerprint density at radius 1 is 1.25 bits per heavy atom. The predicted molar refractivity (Wildman–Crippen MR) is 90.2 cm³/mol. The molecule has 2 fully saturated rings. The van der Waals surface area contributed by atoms with Gasteiger partial charge in [-0.25, -0.2) is 4.98 Å². The maximum absolute atomic E-state index is 12.3. The monoisotopic (exact) mass is 327 g/mol. The molecule has 1 aliphatic carbocycles. The van der Waals surface area contributed by atoms with E-state index in [-0.39, 0.29) is 5.91 Å². The van der Waals surface area contributed by atoms with E-state index in [2.05, 4.69) is 20.2 Å². The molecule has 24 heavy (non-hydrogen) atoms. The summed E-state index contributed by atoms with van der Waals surface area (Å²) in [6, 6.07) is 5.99. The minimum absolute atomic E-state index is 0.0547. The molecule has 1 aliphatic heterocycles. The summed E-state index contributed by atoms with van der Waals surface area (Å²) in [5, 5.41) is 3.43. The highest BCUT2D eigenvalue weighted by atomic mass is 16.3. The van der Waals surface area contributed by atoms with Gasteiger partial charge in [0, 0.05) is 44.0 Å². The van der Waals surface area contributed by atoms with Crippen LogP contribution in [0.4, 0.5) is 11.8 Å². The van der Waals surface area contributed by atoms with Crippen LogP contribution < -0.4 is 10.2 Å². The summed E-state index contributed by atoms with van der Waals surface area (Å²) < 4.78 is 5.20. The topological polar surface area (TPSA) is 74.5 Å². The van der Waals surface area contributed by atoms with E-state index in [9.17, 15) is 4.79 Å². The smallest absolute Gasteiger partial charge is 0.289 e. The van der Waals surface area contributed by atoms with Crippen molar-refractivity contribution < 1.29 is 9.21 Å². The minimum Gasteiger partial charge on any atom is -0.459 e. The zero-order chi connectivity index (χ0) is 16.5. The van der Waals surface area contributed by atoms with Crippen LogP contribution in [0.1, 0.15) is 29.1 Å². The predicted octanol–water partition coefficient (Wildman–Crippen LogP) is 1.91.